The molecule has 0 saturated carbocycles. The first-order valence-electron chi connectivity index (χ1n) is 9.44. The monoisotopic (exact) mass is 460 g/mol. The Hall–Kier alpha value is -2.02. The summed E-state index contributed by atoms with van der Waals surface area (Å²) in [7, 11) is -6.92. The van der Waals surface area contributed by atoms with E-state index in [0.717, 1.165) is 0 Å². The van der Waals surface area contributed by atoms with Gasteiger partial charge in [-0.1, -0.05) is 6.07 Å². The van der Waals surface area contributed by atoms with Crippen molar-refractivity contribution < 1.29 is 35.9 Å². The molecule has 2 aliphatic heterocycles. The number of sulfone groups is 1. The average molecular weight is 461 g/mol. The number of aryl methyl sites for hydroxylation is 1. The van der Waals surface area contributed by atoms with E-state index in [2.05, 4.69) is 5.32 Å². The molecule has 0 spiro atoms. The number of rotatable bonds is 6. The van der Waals surface area contributed by atoms with E-state index in [9.17, 15) is 26.4 Å². The number of hydrogen-bond donors (Lipinski definition) is 1. The molecule has 1 aromatic carbocycles. The smallest absolute Gasteiger partial charge is 0.338 e. The van der Waals surface area contributed by atoms with Crippen molar-refractivity contribution in [1.82, 2.24) is 9.62 Å². The average Bonchev–Trinajstić information content (AvgIpc) is 3.05. The summed E-state index contributed by atoms with van der Waals surface area (Å²) < 4.78 is 59.9. The van der Waals surface area contributed by atoms with E-state index in [1.807, 2.05) is 0 Å². The number of hydrogen-bond acceptors (Lipinski definition) is 8. The van der Waals surface area contributed by atoms with Crippen LogP contribution in [0.1, 0.15) is 22.3 Å². The lowest BCUT2D eigenvalue weighted by atomic mass is 10.1. The van der Waals surface area contributed by atoms with Crippen LogP contribution in [0.25, 0.3) is 0 Å². The Labute approximate surface area is 175 Å². The third kappa shape index (κ3) is 5.36. The van der Waals surface area contributed by atoms with Crippen LogP contribution in [0.15, 0.2) is 23.1 Å². The third-order valence-electron chi connectivity index (χ3n) is 4.97. The lowest BCUT2D eigenvalue weighted by Crippen LogP contribution is -2.40. The maximum atomic E-state index is 12.8. The van der Waals surface area contributed by atoms with Gasteiger partial charge >= 0.3 is 5.97 Å². The van der Waals surface area contributed by atoms with Gasteiger partial charge in [-0.2, -0.15) is 4.31 Å². The second-order valence-electron chi connectivity index (χ2n) is 7.24. The molecule has 12 heteroatoms. The Morgan fingerprint density at radius 2 is 1.97 bits per heavy atom. The number of esters is 1. The largest absolute Gasteiger partial charge is 0.452 e. The maximum Gasteiger partial charge on any atom is 0.338 e. The summed E-state index contributed by atoms with van der Waals surface area (Å²) in [4.78, 5) is 24.4. The van der Waals surface area contributed by atoms with E-state index in [4.69, 9.17) is 9.47 Å². The molecule has 3 rings (SSSR count). The van der Waals surface area contributed by atoms with Crippen molar-refractivity contribution in [1.29, 1.82) is 0 Å². The fourth-order valence-electron chi connectivity index (χ4n) is 3.30. The second kappa shape index (κ2) is 9.00. The van der Waals surface area contributed by atoms with Gasteiger partial charge < -0.3 is 14.8 Å². The summed E-state index contributed by atoms with van der Waals surface area (Å²) in [6, 6.07) is 3.67. The highest BCUT2D eigenvalue weighted by molar-refractivity contribution is 7.91. The van der Waals surface area contributed by atoms with E-state index in [0.29, 0.717) is 25.2 Å². The van der Waals surface area contributed by atoms with Crippen LogP contribution in [0, 0.1) is 6.92 Å². The molecule has 1 aromatic rings. The molecule has 0 aromatic heterocycles. The minimum absolute atomic E-state index is 0.0152. The molecule has 2 saturated heterocycles. The predicted molar refractivity (Wildman–Crippen MR) is 106 cm³/mol. The van der Waals surface area contributed by atoms with E-state index in [-0.39, 0.29) is 35.1 Å². The number of carbonyl (C=O) groups excluding carboxylic acids is 2. The van der Waals surface area contributed by atoms with Crippen LogP contribution in [-0.2, 0) is 34.1 Å². The number of carbonyl (C=O) groups is 2. The first-order valence-corrected chi connectivity index (χ1v) is 12.7. The zero-order valence-corrected chi connectivity index (χ0v) is 18.1. The van der Waals surface area contributed by atoms with E-state index in [1.54, 1.807) is 6.92 Å². The zero-order chi connectivity index (χ0) is 21.9. The Bertz CT molecular complexity index is 1030. The van der Waals surface area contributed by atoms with Gasteiger partial charge in [0.05, 0.1) is 35.2 Å². The maximum absolute atomic E-state index is 12.8. The molecule has 166 valence electrons. The molecule has 2 aliphatic rings. The number of amides is 1. The van der Waals surface area contributed by atoms with E-state index in [1.165, 1.54) is 22.5 Å². The Morgan fingerprint density at radius 3 is 2.60 bits per heavy atom. The van der Waals surface area contributed by atoms with Crippen molar-refractivity contribution in [3.63, 3.8) is 0 Å². The highest BCUT2D eigenvalue weighted by Gasteiger charge is 2.30. The Morgan fingerprint density at radius 1 is 1.27 bits per heavy atom. The van der Waals surface area contributed by atoms with Gasteiger partial charge in [-0.05, 0) is 31.0 Å². The minimum atomic E-state index is -3.78. The number of benzene rings is 1. The van der Waals surface area contributed by atoms with Gasteiger partial charge in [-0.3, -0.25) is 4.79 Å². The predicted octanol–water partition coefficient (Wildman–Crippen LogP) is -0.524. The van der Waals surface area contributed by atoms with Crippen LogP contribution in [0.2, 0.25) is 0 Å². The van der Waals surface area contributed by atoms with Crippen molar-refractivity contribution >= 4 is 31.7 Å². The topological polar surface area (TPSA) is 136 Å². The lowest BCUT2D eigenvalue weighted by Gasteiger charge is -2.26. The zero-order valence-electron chi connectivity index (χ0n) is 16.5. The summed E-state index contributed by atoms with van der Waals surface area (Å²) in [5.74, 6) is -1.56. The molecule has 1 amide bonds. The SMILES string of the molecule is Cc1ccc(S(=O)(=O)N2CCOCC2)cc1C(=O)OCC(=O)N[C@H]1CCS(=O)(=O)C1. The fraction of sp³-hybridized carbons (Fsp3) is 0.556. The molecule has 1 N–H and O–H groups in total. The number of morpholine rings is 1. The van der Waals surface area contributed by atoms with E-state index < -0.39 is 44.4 Å². The van der Waals surface area contributed by atoms with Gasteiger partial charge in [0.15, 0.2) is 16.4 Å². The molecule has 0 bridgehead atoms. The van der Waals surface area contributed by atoms with Crippen LogP contribution >= 0.6 is 0 Å². The summed E-state index contributed by atoms with van der Waals surface area (Å²) in [5, 5.41) is 2.52. The quantitative estimate of drug-likeness (QED) is 0.560. The van der Waals surface area contributed by atoms with Gasteiger partial charge in [0.2, 0.25) is 10.0 Å². The fourth-order valence-corrected chi connectivity index (χ4v) is 6.41. The van der Waals surface area contributed by atoms with Gasteiger partial charge in [0.25, 0.3) is 5.91 Å². The van der Waals surface area contributed by atoms with Crippen LogP contribution < -0.4 is 5.32 Å². The number of nitrogens with zero attached hydrogens (tertiary/aromatic N) is 1. The Kier molecular flexibility index (Phi) is 6.80. The van der Waals surface area contributed by atoms with Crippen LogP contribution in [0.5, 0.6) is 0 Å². The molecule has 0 radical (unpaired) electrons. The number of sulfonamides is 1. The normalized spacial score (nSPS) is 21.8. The summed E-state index contributed by atoms with van der Waals surface area (Å²) in [6.07, 6.45) is 0.322. The van der Waals surface area contributed by atoms with Crippen LogP contribution in [0.3, 0.4) is 0 Å². The molecular weight excluding hydrogens is 436 g/mol. The highest BCUT2D eigenvalue weighted by Crippen LogP contribution is 2.21. The van der Waals surface area contributed by atoms with Crippen LogP contribution in [-0.4, -0.2) is 83.5 Å². The minimum Gasteiger partial charge on any atom is -0.452 e. The summed E-state index contributed by atoms with van der Waals surface area (Å²) in [5.41, 5.74) is 0.545. The summed E-state index contributed by atoms with van der Waals surface area (Å²) >= 11 is 0. The van der Waals surface area contributed by atoms with Gasteiger partial charge in [-0.15, -0.1) is 0 Å². The molecule has 2 fully saturated rings. The standard InChI is InChI=1S/C18H24N2O8S2/c1-13-2-3-15(30(25,26)20-5-7-27-8-6-20)10-16(13)18(22)28-11-17(21)19-14-4-9-29(23,24)12-14/h2-3,10,14H,4-9,11-12H2,1H3,(H,19,21)/t14-/m0/s1. The molecule has 0 unspecified atom stereocenters. The first kappa shape index (κ1) is 22.7. The highest BCUT2D eigenvalue weighted by atomic mass is 32.2. The molecular formula is C18H24N2O8S2. The van der Waals surface area contributed by atoms with Crippen LogP contribution in [0.4, 0.5) is 0 Å². The van der Waals surface area contributed by atoms with Crippen molar-refractivity contribution in [3.8, 4) is 0 Å². The lowest BCUT2D eigenvalue weighted by molar-refractivity contribution is -0.124. The first-order chi connectivity index (χ1) is 14.1. The molecule has 0 aliphatic carbocycles. The van der Waals surface area contributed by atoms with E-state index >= 15 is 0 Å². The third-order valence-corrected chi connectivity index (χ3v) is 8.63. The molecule has 10 nitrogen and oxygen atoms in total. The summed E-state index contributed by atoms with van der Waals surface area (Å²) in [6.45, 7) is 2.11. The molecule has 30 heavy (non-hydrogen) atoms. The molecule has 2 heterocycles. The van der Waals surface area contributed by atoms with Crippen molar-refractivity contribution in [2.24, 2.45) is 0 Å². The number of ether oxygens (including phenoxy) is 2. The van der Waals surface area contributed by atoms with Crippen molar-refractivity contribution in [3.05, 3.63) is 29.3 Å². The van der Waals surface area contributed by atoms with Crippen molar-refractivity contribution in [2.75, 3.05) is 44.4 Å². The van der Waals surface area contributed by atoms with Gasteiger partial charge in [0, 0.05) is 19.1 Å². The van der Waals surface area contributed by atoms with Gasteiger partial charge in [0.1, 0.15) is 0 Å². The number of nitrogens with one attached hydrogen (secondary N) is 1. The Balaban J connectivity index is 1.64. The van der Waals surface area contributed by atoms with Gasteiger partial charge in [-0.25, -0.2) is 21.6 Å². The van der Waals surface area contributed by atoms with Crippen molar-refractivity contribution in [2.45, 2.75) is 24.3 Å². The second-order valence-corrected chi connectivity index (χ2v) is 11.4. The molecule has 1 atom stereocenters.